The highest BCUT2D eigenvalue weighted by Crippen LogP contribution is 2.13. The van der Waals surface area contributed by atoms with Gasteiger partial charge in [-0.15, -0.1) is 0 Å². The molecule has 1 heterocycles. The van der Waals surface area contributed by atoms with Crippen LogP contribution in [0, 0.1) is 0 Å². The fourth-order valence-corrected chi connectivity index (χ4v) is 2.40. The lowest BCUT2D eigenvalue weighted by Crippen LogP contribution is -2.49. The molecule has 122 valence electrons. The highest BCUT2D eigenvalue weighted by molar-refractivity contribution is 5.69. The van der Waals surface area contributed by atoms with E-state index >= 15 is 0 Å². The minimum absolute atomic E-state index is 0.117. The van der Waals surface area contributed by atoms with Crippen molar-refractivity contribution >= 4 is 12.1 Å². The molecule has 6 nitrogen and oxygen atoms in total. The van der Waals surface area contributed by atoms with Crippen LogP contribution in [-0.4, -0.2) is 55.3 Å². The van der Waals surface area contributed by atoms with Crippen LogP contribution in [0.3, 0.4) is 0 Å². The summed E-state index contributed by atoms with van der Waals surface area (Å²) in [5.41, 5.74) is -0.473. The highest BCUT2D eigenvalue weighted by Gasteiger charge is 2.23. The molecule has 0 aliphatic carbocycles. The molecular formula is C15H28N2O4. The van der Waals surface area contributed by atoms with E-state index in [4.69, 9.17) is 4.74 Å². The van der Waals surface area contributed by atoms with Gasteiger partial charge in [0.15, 0.2) is 0 Å². The number of nitrogens with zero attached hydrogens (tertiary/aromatic N) is 1. The Morgan fingerprint density at radius 3 is 2.67 bits per heavy atom. The maximum atomic E-state index is 11.8. The Kier molecular flexibility index (Phi) is 6.95. The highest BCUT2D eigenvalue weighted by atomic mass is 16.6. The van der Waals surface area contributed by atoms with E-state index in [1.165, 1.54) is 7.11 Å². The van der Waals surface area contributed by atoms with Crippen molar-refractivity contribution in [1.82, 2.24) is 10.2 Å². The number of piperidine rings is 1. The Morgan fingerprint density at radius 2 is 2.05 bits per heavy atom. The zero-order valence-electron chi connectivity index (χ0n) is 13.6. The second-order valence-corrected chi connectivity index (χ2v) is 6.47. The molecule has 0 bridgehead atoms. The minimum Gasteiger partial charge on any atom is -0.469 e. The van der Waals surface area contributed by atoms with Crippen molar-refractivity contribution < 1.29 is 19.1 Å². The Labute approximate surface area is 127 Å². The van der Waals surface area contributed by atoms with Gasteiger partial charge >= 0.3 is 12.1 Å². The standard InChI is InChI=1S/C15H28N2O4/c1-15(2,3)21-14(19)16-12-7-5-9-17(11-12)10-6-8-13(18)20-4/h12H,5-11H2,1-4H3,(H,16,19)/t12-/m1/s1. The van der Waals surface area contributed by atoms with E-state index in [9.17, 15) is 9.59 Å². The van der Waals surface area contributed by atoms with Crippen molar-refractivity contribution in [3.05, 3.63) is 0 Å². The lowest BCUT2D eigenvalue weighted by molar-refractivity contribution is -0.140. The van der Waals surface area contributed by atoms with Gasteiger partial charge in [0.25, 0.3) is 0 Å². The van der Waals surface area contributed by atoms with Gasteiger partial charge in [0.05, 0.1) is 7.11 Å². The van der Waals surface area contributed by atoms with E-state index in [0.717, 1.165) is 38.9 Å². The monoisotopic (exact) mass is 300 g/mol. The molecule has 1 aliphatic heterocycles. The molecule has 21 heavy (non-hydrogen) atoms. The number of methoxy groups -OCH3 is 1. The van der Waals surface area contributed by atoms with Gasteiger partial charge < -0.3 is 19.7 Å². The van der Waals surface area contributed by atoms with Gasteiger partial charge in [-0.25, -0.2) is 4.79 Å². The van der Waals surface area contributed by atoms with Gasteiger partial charge in [-0.3, -0.25) is 4.79 Å². The van der Waals surface area contributed by atoms with Crippen LogP contribution in [0.15, 0.2) is 0 Å². The van der Waals surface area contributed by atoms with Gasteiger partial charge in [-0.1, -0.05) is 0 Å². The van der Waals surface area contributed by atoms with E-state index in [-0.39, 0.29) is 18.1 Å². The van der Waals surface area contributed by atoms with Crippen LogP contribution in [0.25, 0.3) is 0 Å². The number of alkyl carbamates (subject to hydrolysis) is 1. The predicted octanol–water partition coefficient (Wildman–Crippen LogP) is 1.93. The Hall–Kier alpha value is -1.30. The van der Waals surface area contributed by atoms with Gasteiger partial charge in [-0.2, -0.15) is 0 Å². The van der Waals surface area contributed by atoms with E-state index in [0.29, 0.717) is 6.42 Å². The lowest BCUT2D eigenvalue weighted by atomic mass is 10.1. The molecule has 1 N–H and O–H groups in total. The molecule has 1 saturated heterocycles. The zero-order chi connectivity index (χ0) is 15.9. The summed E-state index contributed by atoms with van der Waals surface area (Å²) in [7, 11) is 1.41. The Morgan fingerprint density at radius 1 is 1.33 bits per heavy atom. The van der Waals surface area contributed by atoms with Gasteiger partial charge in [0.2, 0.25) is 0 Å². The first-order chi connectivity index (χ1) is 9.80. The largest absolute Gasteiger partial charge is 0.469 e. The molecule has 1 rings (SSSR count). The quantitative estimate of drug-likeness (QED) is 0.786. The summed E-state index contributed by atoms with van der Waals surface area (Å²) in [5, 5.41) is 2.92. The summed E-state index contributed by atoms with van der Waals surface area (Å²) >= 11 is 0. The van der Waals surface area contributed by atoms with E-state index < -0.39 is 5.60 Å². The summed E-state index contributed by atoms with van der Waals surface area (Å²) in [6, 6.07) is 0.117. The molecule has 0 saturated carbocycles. The number of hydrogen-bond acceptors (Lipinski definition) is 5. The van der Waals surface area contributed by atoms with Crippen LogP contribution in [0.1, 0.15) is 46.5 Å². The van der Waals surface area contributed by atoms with Crippen molar-refractivity contribution in [2.75, 3.05) is 26.7 Å². The van der Waals surface area contributed by atoms with Crippen molar-refractivity contribution in [1.29, 1.82) is 0 Å². The minimum atomic E-state index is -0.473. The second kappa shape index (κ2) is 8.22. The molecule has 6 heteroatoms. The van der Waals surface area contributed by atoms with E-state index in [1.54, 1.807) is 0 Å². The van der Waals surface area contributed by atoms with Crippen LogP contribution in [0.2, 0.25) is 0 Å². The normalized spacial score (nSPS) is 19.9. The molecule has 1 atom stereocenters. The van der Waals surface area contributed by atoms with Gasteiger partial charge in [-0.05, 0) is 53.1 Å². The maximum Gasteiger partial charge on any atom is 0.407 e. The van der Waals surface area contributed by atoms with Crippen LogP contribution < -0.4 is 5.32 Å². The van der Waals surface area contributed by atoms with E-state index in [2.05, 4.69) is 15.0 Å². The SMILES string of the molecule is COC(=O)CCCN1CCC[C@@H](NC(=O)OC(C)(C)C)C1. The first kappa shape index (κ1) is 17.8. The average Bonchev–Trinajstić information content (AvgIpc) is 2.36. The van der Waals surface area contributed by atoms with Crippen molar-refractivity contribution in [3.8, 4) is 0 Å². The summed E-state index contributed by atoms with van der Waals surface area (Å²) < 4.78 is 9.90. The number of esters is 1. The van der Waals surface area contributed by atoms with Gasteiger partial charge in [0.1, 0.15) is 5.60 Å². The Bertz CT molecular complexity index is 352. The number of ether oxygens (including phenoxy) is 2. The summed E-state index contributed by atoms with van der Waals surface area (Å²) in [5.74, 6) is -0.171. The predicted molar refractivity (Wildman–Crippen MR) is 80.1 cm³/mol. The number of carbonyl (C=O) groups excluding carboxylic acids is 2. The zero-order valence-corrected chi connectivity index (χ0v) is 13.6. The van der Waals surface area contributed by atoms with Crippen molar-refractivity contribution in [3.63, 3.8) is 0 Å². The molecule has 0 aromatic heterocycles. The number of nitrogens with one attached hydrogen (secondary N) is 1. The summed E-state index contributed by atoms with van der Waals surface area (Å²) in [4.78, 5) is 25.1. The number of rotatable bonds is 5. The molecule has 0 radical (unpaired) electrons. The van der Waals surface area contributed by atoms with Crippen LogP contribution in [0.4, 0.5) is 4.79 Å². The smallest absolute Gasteiger partial charge is 0.407 e. The number of amides is 1. The lowest BCUT2D eigenvalue weighted by Gasteiger charge is -2.33. The Balaban J connectivity index is 2.28. The summed E-state index contributed by atoms with van der Waals surface area (Å²) in [6.07, 6.45) is 2.87. The van der Waals surface area contributed by atoms with Crippen LogP contribution in [0.5, 0.6) is 0 Å². The topological polar surface area (TPSA) is 67.9 Å². The fourth-order valence-electron chi connectivity index (χ4n) is 2.40. The summed E-state index contributed by atoms with van der Waals surface area (Å²) in [6.45, 7) is 8.22. The number of hydrogen-bond donors (Lipinski definition) is 1. The molecule has 1 fully saturated rings. The first-order valence-electron chi connectivity index (χ1n) is 7.59. The van der Waals surface area contributed by atoms with Crippen molar-refractivity contribution in [2.45, 2.75) is 58.1 Å². The third-order valence-electron chi connectivity index (χ3n) is 3.31. The number of likely N-dealkylation sites (tertiary alicyclic amines) is 1. The van der Waals surface area contributed by atoms with Crippen LogP contribution >= 0.6 is 0 Å². The molecule has 0 unspecified atom stereocenters. The molecule has 0 aromatic rings. The molecule has 0 aromatic carbocycles. The average molecular weight is 300 g/mol. The molecule has 1 aliphatic rings. The molecule has 1 amide bonds. The third kappa shape index (κ3) is 7.90. The van der Waals surface area contributed by atoms with Crippen LogP contribution in [-0.2, 0) is 14.3 Å². The first-order valence-corrected chi connectivity index (χ1v) is 7.59. The second-order valence-electron chi connectivity index (χ2n) is 6.47. The third-order valence-corrected chi connectivity index (χ3v) is 3.31. The van der Waals surface area contributed by atoms with E-state index in [1.807, 2.05) is 20.8 Å². The number of carbonyl (C=O) groups is 2. The molecular weight excluding hydrogens is 272 g/mol. The van der Waals surface area contributed by atoms with Gasteiger partial charge in [0, 0.05) is 19.0 Å². The molecule has 0 spiro atoms. The maximum absolute atomic E-state index is 11.8. The fraction of sp³-hybridized carbons (Fsp3) is 0.867. The van der Waals surface area contributed by atoms with Crippen molar-refractivity contribution in [2.24, 2.45) is 0 Å².